The molecular formula is C14H22O3. The van der Waals surface area contributed by atoms with Gasteiger partial charge in [-0.05, 0) is 50.5 Å². The van der Waals surface area contributed by atoms with Crippen LogP contribution in [-0.4, -0.2) is 24.3 Å². The highest BCUT2D eigenvalue weighted by Crippen LogP contribution is 2.27. The Hall–Kier alpha value is -1.09. The Balaban J connectivity index is 2.16. The normalized spacial score (nSPS) is 24.8. The molecular weight excluding hydrogens is 216 g/mol. The van der Waals surface area contributed by atoms with Gasteiger partial charge in [0.2, 0.25) is 0 Å². The first kappa shape index (κ1) is 14.0. The minimum Gasteiger partial charge on any atom is -0.466 e. The zero-order valence-electron chi connectivity index (χ0n) is 10.7. The summed E-state index contributed by atoms with van der Waals surface area (Å²) < 4.78 is 4.51. The summed E-state index contributed by atoms with van der Waals surface area (Å²) in [5.74, 6) is 0.289. The molecule has 3 nitrogen and oxygen atoms in total. The molecule has 0 aliphatic heterocycles. The number of hydrogen-bond acceptors (Lipinski definition) is 3. The van der Waals surface area contributed by atoms with Crippen LogP contribution < -0.4 is 0 Å². The average molecular weight is 238 g/mol. The lowest BCUT2D eigenvalue weighted by Crippen LogP contribution is -2.19. The molecule has 3 heteroatoms. The Bertz CT molecular complexity index is 305. The van der Waals surface area contributed by atoms with Crippen LogP contribution in [0, 0.1) is 5.92 Å². The minimum atomic E-state index is -0.295. The second-order valence-electron chi connectivity index (χ2n) is 4.66. The third-order valence-corrected chi connectivity index (χ3v) is 3.29. The summed E-state index contributed by atoms with van der Waals surface area (Å²) in [7, 11) is 1.38. The molecule has 0 heterocycles. The van der Waals surface area contributed by atoms with Gasteiger partial charge in [-0.2, -0.15) is 0 Å². The van der Waals surface area contributed by atoms with Gasteiger partial charge in [-0.15, -0.1) is 0 Å². The molecule has 1 rings (SSSR count). The second kappa shape index (κ2) is 7.28. The van der Waals surface area contributed by atoms with Crippen molar-refractivity contribution in [2.45, 2.75) is 45.1 Å². The zero-order valence-corrected chi connectivity index (χ0v) is 10.7. The van der Waals surface area contributed by atoms with Crippen molar-refractivity contribution in [2.75, 3.05) is 7.11 Å². The van der Waals surface area contributed by atoms with Gasteiger partial charge in [0.25, 0.3) is 0 Å². The molecule has 0 radical (unpaired) electrons. The quantitative estimate of drug-likeness (QED) is 0.346. The van der Waals surface area contributed by atoms with Crippen molar-refractivity contribution in [3.8, 4) is 0 Å². The van der Waals surface area contributed by atoms with Crippen LogP contribution in [0.25, 0.3) is 0 Å². The van der Waals surface area contributed by atoms with Gasteiger partial charge in [0.05, 0.1) is 13.2 Å². The van der Waals surface area contributed by atoms with E-state index in [0.717, 1.165) is 37.7 Å². The predicted octanol–water partition coefficient (Wildman–Crippen LogP) is 2.60. The van der Waals surface area contributed by atoms with Gasteiger partial charge < -0.3 is 9.84 Å². The molecule has 0 aromatic carbocycles. The Labute approximate surface area is 103 Å². The van der Waals surface area contributed by atoms with Gasteiger partial charge in [0, 0.05) is 6.08 Å². The number of carbonyl (C=O) groups excluding carboxylic acids is 1. The maximum absolute atomic E-state index is 10.8. The van der Waals surface area contributed by atoms with Crippen molar-refractivity contribution < 1.29 is 14.6 Å². The molecule has 1 aliphatic carbocycles. The fourth-order valence-electron chi connectivity index (χ4n) is 2.09. The summed E-state index contributed by atoms with van der Waals surface area (Å²) in [6, 6.07) is 0. The smallest absolute Gasteiger partial charge is 0.330 e. The third kappa shape index (κ3) is 5.18. The molecule has 2 atom stereocenters. The number of ether oxygens (including phenoxy) is 1. The summed E-state index contributed by atoms with van der Waals surface area (Å²) >= 11 is 0. The molecule has 0 aromatic rings. The summed E-state index contributed by atoms with van der Waals surface area (Å²) in [4.78, 5) is 10.8. The van der Waals surface area contributed by atoms with Crippen LogP contribution in [-0.2, 0) is 9.53 Å². The fourth-order valence-corrected chi connectivity index (χ4v) is 2.09. The molecule has 0 bridgehead atoms. The number of rotatable bonds is 5. The van der Waals surface area contributed by atoms with Crippen LogP contribution in [0.2, 0.25) is 0 Å². The van der Waals surface area contributed by atoms with E-state index in [-0.39, 0.29) is 12.1 Å². The summed E-state index contributed by atoms with van der Waals surface area (Å²) in [6.45, 7) is 1.99. The summed E-state index contributed by atoms with van der Waals surface area (Å²) in [5.41, 5.74) is 1.10. The number of hydrogen-bond donors (Lipinski definition) is 1. The van der Waals surface area contributed by atoms with E-state index in [9.17, 15) is 9.90 Å². The number of methoxy groups -OCH3 is 1. The fraction of sp³-hybridized carbons (Fsp3) is 0.643. The number of allylic oxidation sites excluding steroid dienone is 2. The van der Waals surface area contributed by atoms with E-state index in [0.29, 0.717) is 5.92 Å². The van der Waals surface area contributed by atoms with E-state index < -0.39 is 0 Å². The number of carbonyl (C=O) groups is 1. The van der Waals surface area contributed by atoms with Crippen LogP contribution in [0.5, 0.6) is 0 Å². The first-order chi connectivity index (χ1) is 8.13. The topological polar surface area (TPSA) is 46.5 Å². The Kier molecular flexibility index (Phi) is 5.98. The monoisotopic (exact) mass is 238 g/mol. The lowest BCUT2D eigenvalue weighted by Gasteiger charge is -2.24. The minimum absolute atomic E-state index is 0.251. The molecule has 0 amide bonds. The molecule has 0 saturated carbocycles. The summed E-state index contributed by atoms with van der Waals surface area (Å²) in [5, 5.41) is 9.71. The number of esters is 1. The van der Waals surface area contributed by atoms with Gasteiger partial charge in [-0.25, -0.2) is 4.79 Å². The van der Waals surface area contributed by atoms with Gasteiger partial charge in [-0.3, -0.25) is 0 Å². The first-order valence-corrected chi connectivity index (χ1v) is 6.22. The molecule has 96 valence electrons. The first-order valence-electron chi connectivity index (χ1n) is 6.22. The van der Waals surface area contributed by atoms with Gasteiger partial charge in [0.15, 0.2) is 0 Å². The van der Waals surface area contributed by atoms with E-state index in [2.05, 4.69) is 10.8 Å². The van der Waals surface area contributed by atoms with Crippen LogP contribution in [0.4, 0.5) is 0 Å². The highest BCUT2D eigenvalue weighted by molar-refractivity contribution is 5.81. The maximum Gasteiger partial charge on any atom is 0.330 e. The highest BCUT2D eigenvalue weighted by Gasteiger charge is 2.19. The highest BCUT2D eigenvalue weighted by atomic mass is 16.5. The number of unbranched alkanes of at least 4 members (excludes halogenated alkanes) is 1. The largest absolute Gasteiger partial charge is 0.466 e. The average Bonchev–Trinajstić information content (AvgIpc) is 2.33. The third-order valence-electron chi connectivity index (χ3n) is 3.29. The van der Waals surface area contributed by atoms with E-state index in [4.69, 9.17) is 0 Å². The van der Waals surface area contributed by atoms with Crippen molar-refractivity contribution in [3.63, 3.8) is 0 Å². The van der Waals surface area contributed by atoms with Gasteiger partial charge >= 0.3 is 5.97 Å². The molecule has 0 spiro atoms. The van der Waals surface area contributed by atoms with E-state index in [1.165, 1.54) is 13.2 Å². The van der Waals surface area contributed by atoms with Crippen LogP contribution in [0.3, 0.4) is 0 Å². The molecule has 0 saturated heterocycles. The standard InChI is InChI=1S/C14H22O3/c1-11-8-9-12(10-13(11)15)6-4-3-5-7-14(16)17-2/h5,7-8,12-13,15H,3-4,6,9-10H2,1-2H3/b7-5+. The lowest BCUT2D eigenvalue weighted by molar-refractivity contribution is -0.134. The maximum atomic E-state index is 10.8. The molecule has 1 N–H and O–H groups in total. The Morgan fingerprint density at radius 1 is 1.65 bits per heavy atom. The predicted molar refractivity (Wildman–Crippen MR) is 67.5 cm³/mol. The SMILES string of the molecule is COC(=O)/C=C/CCCC1CC=C(C)C(O)C1. The molecule has 1 aliphatic rings. The number of aliphatic hydroxyl groups excluding tert-OH is 1. The van der Waals surface area contributed by atoms with E-state index in [1.54, 1.807) is 0 Å². The van der Waals surface area contributed by atoms with Crippen LogP contribution in [0.15, 0.2) is 23.8 Å². The van der Waals surface area contributed by atoms with Gasteiger partial charge in [0.1, 0.15) is 0 Å². The van der Waals surface area contributed by atoms with Crippen molar-refractivity contribution in [1.29, 1.82) is 0 Å². The van der Waals surface area contributed by atoms with E-state index in [1.807, 2.05) is 13.0 Å². The molecule has 0 fully saturated rings. The van der Waals surface area contributed by atoms with E-state index >= 15 is 0 Å². The Morgan fingerprint density at radius 3 is 3.06 bits per heavy atom. The molecule has 17 heavy (non-hydrogen) atoms. The van der Waals surface area contributed by atoms with Crippen molar-refractivity contribution >= 4 is 5.97 Å². The number of aliphatic hydroxyl groups is 1. The lowest BCUT2D eigenvalue weighted by atomic mass is 9.85. The van der Waals surface area contributed by atoms with Crippen LogP contribution in [0.1, 0.15) is 39.0 Å². The van der Waals surface area contributed by atoms with Crippen molar-refractivity contribution in [3.05, 3.63) is 23.8 Å². The molecule has 2 unspecified atom stereocenters. The second-order valence-corrected chi connectivity index (χ2v) is 4.66. The summed E-state index contributed by atoms with van der Waals surface area (Å²) in [6.07, 6.45) is 10.2. The van der Waals surface area contributed by atoms with Crippen molar-refractivity contribution in [1.82, 2.24) is 0 Å². The molecule has 0 aromatic heterocycles. The van der Waals surface area contributed by atoms with Gasteiger partial charge in [-0.1, -0.05) is 12.2 Å². The Morgan fingerprint density at radius 2 is 2.41 bits per heavy atom. The van der Waals surface area contributed by atoms with Crippen molar-refractivity contribution in [2.24, 2.45) is 5.92 Å². The van der Waals surface area contributed by atoms with Crippen LogP contribution >= 0.6 is 0 Å². The zero-order chi connectivity index (χ0) is 12.7.